The molecule has 2 aromatic carbocycles. The van der Waals surface area contributed by atoms with Gasteiger partial charge in [-0.15, -0.1) is 0 Å². The van der Waals surface area contributed by atoms with Crippen molar-refractivity contribution in [2.45, 2.75) is 4.90 Å². The Balaban J connectivity index is 2.04. The maximum Gasteiger partial charge on any atom is 0.294 e. The van der Waals surface area contributed by atoms with Gasteiger partial charge >= 0.3 is 0 Å². The Kier molecular flexibility index (Phi) is 5.29. The summed E-state index contributed by atoms with van der Waals surface area (Å²) < 4.78 is 60.6. The fraction of sp³-hybridized carbons (Fsp3) is 0.0769. The number of benzene rings is 2. The minimum absolute atomic E-state index is 0.240. The summed E-state index contributed by atoms with van der Waals surface area (Å²) in [5, 5.41) is 10.4. The molecule has 128 valence electrons. The molecular weight excluding hydrogens is 358 g/mol. The van der Waals surface area contributed by atoms with Gasteiger partial charge in [0.1, 0.15) is 5.88 Å². The molecule has 2 aromatic rings. The van der Waals surface area contributed by atoms with Crippen LogP contribution in [0.2, 0.25) is 0 Å². The topological polar surface area (TPSA) is 145 Å². The Morgan fingerprint density at radius 3 is 1.67 bits per heavy atom. The minimum Gasteiger partial charge on any atom is -0.370 e. The van der Waals surface area contributed by atoms with E-state index < -0.39 is 26.1 Å². The predicted octanol–water partition coefficient (Wildman–Crippen LogP) is 2.61. The molecule has 0 saturated carbocycles. The fourth-order valence-electron chi connectivity index (χ4n) is 1.62. The Labute approximate surface area is 138 Å². The van der Waals surface area contributed by atoms with E-state index in [1.165, 1.54) is 24.3 Å². The number of hydrogen-bond donors (Lipinski definition) is 3. The van der Waals surface area contributed by atoms with Gasteiger partial charge in [0.15, 0.2) is 0 Å². The second-order valence-corrected chi connectivity index (χ2v) is 7.49. The molecule has 0 aliphatic heterocycles. The summed E-state index contributed by atoms with van der Waals surface area (Å²) in [4.78, 5) is -0.240. The molecule has 0 amide bonds. The van der Waals surface area contributed by atoms with Crippen molar-refractivity contribution >= 4 is 37.3 Å². The molecule has 0 aliphatic carbocycles. The first kappa shape index (κ1) is 18.0. The largest absolute Gasteiger partial charge is 0.370 e. The highest BCUT2D eigenvalue weighted by Gasteiger charge is 2.08. The summed E-state index contributed by atoms with van der Waals surface area (Å²) in [6.07, 6.45) is 0. The van der Waals surface area contributed by atoms with E-state index in [-0.39, 0.29) is 4.90 Å². The SMILES string of the molecule is O=S(=O)(O)CNc1ccc(N=Nc2ccc(S(=O)(=O)O)cc2)cc1. The molecule has 0 aliphatic rings. The summed E-state index contributed by atoms with van der Waals surface area (Å²) in [5.74, 6) is -0.603. The molecule has 0 aromatic heterocycles. The molecule has 0 bridgehead atoms. The molecule has 0 heterocycles. The number of nitrogens with one attached hydrogen (secondary N) is 1. The third-order valence-corrected chi connectivity index (χ3v) is 4.12. The standard InChI is InChI=1S/C13H13N3O6S2/c17-23(18,19)9-14-10-1-3-11(4-2-10)15-16-12-5-7-13(8-6-12)24(20,21)22/h1-8,14H,9H2,(H,17,18,19)(H,20,21,22). The van der Waals surface area contributed by atoms with Crippen LogP contribution in [0.25, 0.3) is 0 Å². The summed E-state index contributed by atoms with van der Waals surface area (Å²) in [6, 6.07) is 11.4. The molecule has 11 heteroatoms. The van der Waals surface area contributed by atoms with Crippen LogP contribution in [0.5, 0.6) is 0 Å². The van der Waals surface area contributed by atoms with Gasteiger partial charge in [-0.2, -0.15) is 27.1 Å². The van der Waals surface area contributed by atoms with Gasteiger partial charge in [0.05, 0.1) is 16.3 Å². The van der Waals surface area contributed by atoms with Crippen LogP contribution in [-0.4, -0.2) is 31.8 Å². The first-order valence-corrected chi connectivity index (χ1v) is 9.47. The van der Waals surface area contributed by atoms with Crippen molar-refractivity contribution < 1.29 is 25.9 Å². The molecule has 9 nitrogen and oxygen atoms in total. The van der Waals surface area contributed by atoms with E-state index in [9.17, 15) is 16.8 Å². The van der Waals surface area contributed by atoms with Crippen LogP contribution in [0.1, 0.15) is 0 Å². The minimum atomic E-state index is -4.25. The Hall–Kier alpha value is -2.34. The quantitative estimate of drug-likeness (QED) is 0.522. The molecule has 0 atom stereocenters. The molecule has 0 unspecified atom stereocenters. The lowest BCUT2D eigenvalue weighted by atomic mass is 10.3. The van der Waals surface area contributed by atoms with Gasteiger partial charge in [-0.3, -0.25) is 9.11 Å². The van der Waals surface area contributed by atoms with Crippen molar-refractivity contribution in [2.75, 3.05) is 11.2 Å². The lowest BCUT2D eigenvalue weighted by molar-refractivity contribution is 0.481. The second-order valence-electron chi connectivity index (χ2n) is 4.62. The van der Waals surface area contributed by atoms with Crippen molar-refractivity contribution in [1.29, 1.82) is 0 Å². The van der Waals surface area contributed by atoms with Gasteiger partial charge < -0.3 is 5.32 Å². The molecule has 0 spiro atoms. The van der Waals surface area contributed by atoms with E-state index in [1.54, 1.807) is 24.3 Å². The van der Waals surface area contributed by atoms with E-state index in [0.717, 1.165) is 0 Å². The van der Waals surface area contributed by atoms with Crippen LogP contribution >= 0.6 is 0 Å². The third-order valence-electron chi connectivity index (χ3n) is 2.74. The van der Waals surface area contributed by atoms with Gasteiger partial charge in [-0.1, -0.05) is 0 Å². The number of hydrogen-bond acceptors (Lipinski definition) is 7. The average molecular weight is 371 g/mol. The van der Waals surface area contributed by atoms with Crippen LogP contribution in [0.3, 0.4) is 0 Å². The number of nitrogens with zero attached hydrogens (tertiary/aromatic N) is 2. The zero-order chi connectivity index (χ0) is 17.8. The second kappa shape index (κ2) is 7.05. The first-order valence-electron chi connectivity index (χ1n) is 6.42. The number of rotatable bonds is 6. The van der Waals surface area contributed by atoms with Crippen LogP contribution in [-0.2, 0) is 20.2 Å². The normalized spacial score (nSPS) is 12.4. The zero-order valence-electron chi connectivity index (χ0n) is 12.1. The molecule has 3 N–H and O–H groups in total. The molecule has 24 heavy (non-hydrogen) atoms. The van der Waals surface area contributed by atoms with Crippen molar-refractivity contribution in [3.8, 4) is 0 Å². The predicted molar refractivity (Wildman–Crippen MR) is 86.9 cm³/mol. The number of anilines is 1. The van der Waals surface area contributed by atoms with Gasteiger partial charge in [-0.25, -0.2) is 0 Å². The van der Waals surface area contributed by atoms with Crippen molar-refractivity contribution in [3.05, 3.63) is 48.5 Å². The molecule has 0 radical (unpaired) electrons. The summed E-state index contributed by atoms with van der Waals surface area (Å²) >= 11 is 0. The highest BCUT2D eigenvalue weighted by molar-refractivity contribution is 7.86. The highest BCUT2D eigenvalue weighted by atomic mass is 32.2. The third kappa shape index (κ3) is 5.70. The Morgan fingerprint density at radius 2 is 1.25 bits per heavy atom. The van der Waals surface area contributed by atoms with E-state index in [0.29, 0.717) is 17.1 Å². The van der Waals surface area contributed by atoms with Crippen LogP contribution in [0.4, 0.5) is 17.1 Å². The highest BCUT2D eigenvalue weighted by Crippen LogP contribution is 2.21. The maximum absolute atomic E-state index is 10.9. The number of azo groups is 1. The van der Waals surface area contributed by atoms with Gasteiger partial charge in [0, 0.05) is 5.69 Å². The summed E-state index contributed by atoms with van der Waals surface area (Å²) in [5.41, 5.74) is 1.34. The monoisotopic (exact) mass is 371 g/mol. The van der Waals surface area contributed by atoms with Gasteiger partial charge in [-0.05, 0) is 48.5 Å². The van der Waals surface area contributed by atoms with Gasteiger partial charge in [0.25, 0.3) is 20.2 Å². The molecule has 2 rings (SSSR count). The van der Waals surface area contributed by atoms with Crippen LogP contribution in [0, 0.1) is 0 Å². The summed E-state index contributed by atoms with van der Waals surface area (Å²) in [6.45, 7) is 0. The first-order chi connectivity index (χ1) is 11.1. The van der Waals surface area contributed by atoms with E-state index in [4.69, 9.17) is 9.11 Å². The van der Waals surface area contributed by atoms with E-state index in [1.807, 2.05) is 0 Å². The maximum atomic E-state index is 10.9. The van der Waals surface area contributed by atoms with Crippen LogP contribution in [0.15, 0.2) is 63.7 Å². The molecule has 0 fully saturated rings. The van der Waals surface area contributed by atoms with E-state index >= 15 is 0 Å². The van der Waals surface area contributed by atoms with Crippen LogP contribution < -0.4 is 5.32 Å². The Bertz CT molecular complexity index is 936. The average Bonchev–Trinajstić information content (AvgIpc) is 2.51. The smallest absolute Gasteiger partial charge is 0.294 e. The zero-order valence-corrected chi connectivity index (χ0v) is 13.7. The lowest BCUT2D eigenvalue weighted by Gasteiger charge is -2.03. The van der Waals surface area contributed by atoms with Crippen molar-refractivity contribution in [2.24, 2.45) is 10.2 Å². The molecule has 0 saturated heterocycles. The Morgan fingerprint density at radius 1 is 0.792 bits per heavy atom. The van der Waals surface area contributed by atoms with E-state index in [2.05, 4.69) is 15.5 Å². The summed E-state index contributed by atoms with van der Waals surface area (Å²) in [7, 11) is -8.35. The van der Waals surface area contributed by atoms with Gasteiger partial charge in [0.2, 0.25) is 0 Å². The van der Waals surface area contributed by atoms with Crippen molar-refractivity contribution in [1.82, 2.24) is 0 Å². The molecular formula is C13H13N3O6S2. The van der Waals surface area contributed by atoms with Crippen molar-refractivity contribution in [3.63, 3.8) is 0 Å². The lowest BCUT2D eigenvalue weighted by Crippen LogP contribution is -2.12. The fourth-order valence-corrected chi connectivity index (χ4v) is 2.45.